The molecule has 0 saturated carbocycles. The third-order valence-electron chi connectivity index (χ3n) is 5.48. The fourth-order valence-electron chi connectivity index (χ4n) is 3.63. The topological polar surface area (TPSA) is 82.4 Å². The molecule has 8 nitrogen and oxygen atoms in total. The predicted molar refractivity (Wildman–Crippen MR) is 136 cm³/mol. The highest BCUT2D eigenvalue weighted by atomic mass is 19.1. The molecule has 4 rings (SSSR count). The lowest BCUT2D eigenvalue weighted by Crippen LogP contribution is -2.22. The Morgan fingerprint density at radius 2 is 1.81 bits per heavy atom. The Hall–Kier alpha value is -4.11. The number of ether oxygens (including phenoxy) is 2. The van der Waals surface area contributed by atoms with Gasteiger partial charge in [0.05, 0.1) is 38.3 Å². The maximum Gasteiger partial charge on any atom is 0.267 e. The van der Waals surface area contributed by atoms with Crippen molar-refractivity contribution < 1.29 is 13.9 Å². The summed E-state index contributed by atoms with van der Waals surface area (Å²) in [6.45, 7) is 1.80. The number of methoxy groups -OCH3 is 1. The smallest absolute Gasteiger partial charge is 0.267 e. The molecule has 0 amide bonds. The third-order valence-corrected chi connectivity index (χ3v) is 5.48. The van der Waals surface area contributed by atoms with Crippen LogP contribution in [-0.2, 0) is 6.54 Å². The molecule has 0 spiro atoms. The minimum Gasteiger partial charge on any atom is -0.494 e. The maximum absolute atomic E-state index is 13.8. The van der Waals surface area contributed by atoms with Crippen molar-refractivity contribution in [2.24, 2.45) is 0 Å². The van der Waals surface area contributed by atoms with Gasteiger partial charge < -0.3 is 14.4 Å². The van der Waals surface area contributed by atoms with Crippen LogP contribution in [0.1, 0.15) is 12.0 Å². The first-order chi connectivity index (χ1) is 17.4. The number of aromatic nitrogens is 4. The fourth-order valence-corrected chi connectivity index (χ4v) is 3.63. The second-order valence-electron chi connectivity index (χ2n) is 8.51. The van der Waals surface area contributed by atoms with Crippen LogP contribution >= 0.6 is 0 Å². The summed E-state index contributed by atoms with van der Waals surface area (Å²) >= 11 is 0. The molecule has 0 N–H and O–H groups in total. The molecule has 2 aromatic carbocycles. The van der Waals surface area contributed by atoms with E-state index in [-0.39, 0.29) is 17.9 Å². The van der Waals surface area contributed by atoms with Gasteiger partial charge in [-0.15, -0.1) is 0 Å². The molecule has 4 aromatic rings. The second kappa shape index (κ2) is 11.5. The van der Waals surface area contributed by atoms with Crippen LogP contribution in [0.25, 0.3) is 22.6 Å². The van der Waals surface area contributed by atoms with Gasteiger partial charge in [-0.3, -0.25) is 4.79 Å². The molecular weight excluding hydrogens is 461 g/mol. The molecule has 0 bridgehead atoms. The van der Waals surface area contributed by atoms with Crippen molar-refractivity contribution in [1.29, 1.82) is 0 Å². The summed E-state index contributed by atoms with van der Waals surface area (Å²) in [6, 6.07) is 15.2. The summed E-state index contributed by atoms with van der Waals surface area (Å²) in [7, 11) is 5.45. The summed E-state index contributed by atoms with van der Waals surface area (Å²) in [6.07, 6.45) is 4.24. The maximum atomic E-state index is 13.8. The average molecular weight is 490 g/mol. The Bertz CT molecular complexity index is 1370. The molecule has 9 heteroatoms. The summed E-state index contributed by atoms with van der Waals surface area (Å²) in [5.74, 6) is 0.839. The van der Waals surface area contributed by atoms with Crippen molar-refractivity contribution >= 4 is 0 Å². The summed E-state index contributed by atoms with van der Waals surface area (Å²) in [5, 5.41) is 4.48. The molecule has 0 unspecified atom stereocenters. The molecule has 36 heavy (non-hydrogen) atoms. The zero-order chi connectivity index (χ0) is 25.5. The Kier molecular flexibility index (Phi) is 8.02. The van der Waals surface area contributed by atoms with Crippen LogP contribution in [0.2, 0.25) is 0 Å². The van der Waals surface area contributed by atoms with Gasteiger partial charge in [-0.25, -0.2) is 19.0 Å². The van der Waals surface area contributed by atoms with Crippen molar-refractivity contribution in [3.8, 4) is 34.1 Å². The van der Waals surface area contributed by atoms with E-state index in [9.17, 15) is 9.18 Å². The Labute approximate surface area is 209 Å². The zero-order valence-electron chi connectivity index (χ0n) is 20.5. The van der Waals surface area contributed by atoms with Gasteiger partial charge in [0.15, 0.2) is 23.1 Å². The van der Waals surface area contributed by atoms with Gasteiger partial charge >= 0.3 is 0 Å². The van der Waals surface area contributed by atoms with Crippen molar-refractivity contribution in [3.63, 3.8) is 0 Å². The van der Waals surface area contributed by atoms with Crippen LogP contribution in [-0.4, -0.2) is 59.0 Å². The Balaban J connectivity index is 1.49. The van der Waals surface area contributed by atoms with Gasteiger partial charge in [-0.2, -0.15) is 5.10 Å². The van der Waals surface area contributed by atoms with E-state index in [1.54, 1.807) is 30.6 Å². The van der Waals surface area contributed by atoms with Crippen LogP contribution < -0.4 is 15.0 Å². The quantitative estimate of drug-likeness (QED) is 0.313. The van der Waals surface area contributed by atoms with Gasteiger partial charge in [0, 0.05) is 23.7 Å². The monoisotopic (exact) mass is 489 g/mol. The van der Waals surface area contributed by atoms with E-state index in [0.717, 1.165) is 24.1 Å². The Morgan fingerprint density at radius 1 is 1.00 bits per heavy atom. The van der Waals surface area contributed by atoms with Gasteiger partial charge in [0.2, 0.25) is 0 Å². The van der Waals surface area contributed by atoms with E-state index in [0.29, 0.717) is 29.4 Å². The molecule has 2 heterocycles. The Morgan fingerprint density at radius 3 is 2.56 bits per heavy atom. The molecule has 0 fully saturated rings. The number of hydrogen-bond donors (Lipinski definition) is 0. The minimum absolute atomic E-state index is 0.115. The van der Waals surface area contributed by atoms with Gasteiger partial charge in [0.1, 0.15) is 0 Å². The number of hydrogen-bond acceptors (Lipinski definition) is 7. The SMILES string of the molecule is COc1cc(-c2ccc(=O)n(Cc3cccc(-c4ncc(OCCCN(C)C)cn4)c3)n2)ccc1F. The average Bonchev–Trinajstić information content (AvgIpc) is 2.89. The third kappa shape index (κ3) is 6.31. The molecule has 0 aliphatic heterocycles. The van der Waals surface area contributed by atoms with E-state index in [4.69, 9.17) is 9.47 Å². The van der Waals surface area contributed by atoms with E-state index in [1.807, 2.05) is 38.4 Å². The first kappa shape index (κ1) is 25.0. The molecule has 0 radical (unpaired) electrons. The highest BCUT2D eigenvalue weighted by Gasteiger charge is 2.10. The molecule has 0 aliphatic carbocycles. The molecule has 0 saturated heterocycles. The van der Waals surface area contributed by atoms with Crippen LogP contribution in [0.3, 0.4) is 0 Å². The van der Waals surface area contributed by atoms with E-state index in [1.165, 1.54) is 23.9 Å². The standard InChI is InChI=1S/C27H28FN5O3/c1-32(2)12-5-13-36-22-16-29-27(30-17-22)21-7-4-6-19(14-21)18-33-26(34)11-10-24(31-33)20-8-9-23(28)25(15-20)35-3/h4,6-11,14-17H,5,12-13,18H2,1-3H3. The van der Waals surface area contributed by atoms with Crippen LogP contribution in [0, 0.1) is 5.82 Å². The number of rotatable bonds is 10. The molecular formula is C27H28FN5O3. The minimum atomic E-state index is -0.461. The molecule has 186 valence electrons. The first-order valence-corrected chi connectivity index (χ1v) is 11.5. The lowest BCUT2D eigenvalue weighted by Gasteiger charge is -2.11. The van der Waals surface area contributed by atoms with Crippen molar-refractivity contribution in [3.05, 3.63) is 88.7 Å². The van der Waals surface area contributed by atoms with Crippen molar-refractivity contribution in [2.45, 2.75) is 13.0 Å². The zero-order valence-corrected chi connectivity index (χ0v) is 20.5. The van der Waals surface area contributed by atoms with Crippen LogP contribution in [0.15, 0.2) is 71.8 Å². The fraction of sp³-hybridized carbons (Fsp3) is 0.259. The van der Waals surface area contributed by atoms with Gasteiger partial charge in [-0.1, -0.05) is 18.2 Å². The van der Waals surface area contributed by atoms with Gasteiger partial charge in [0.25, 0.3) is 5.56 Å². The van der Waals surface area contributed by atoms with Crippen LogP contribution in [0.4, 0.5) is 4.39 Å². The first-order valence-electron chi connectivity index (χ1n) is 11.5. The van der Waals surface area contributed by atoms with Crippen LogP contribution in [0.5, 0.6) is 11.5 Å². The van der Waals surface area contributed by atoms with E-state index < -0.39 is 5.82 Å². The van der Waals surface area contributed by atoms with Crippen molar-refractivity contribution in [2.75, 3.05) is 34.4 Å². The molecule has 0 atom stereocenters. The lowest BCUT2D eigenvalue weighted by atomic mass is 10.1. The lowest BCUT2D eigenvalue weighted by molar-refractivity contribution is 0.280. The summed E-state index contributed by atoms with van der Waals surface area (Å²) in [4.78, 5) is 23.5. The highest BCUT2D eigenvalue weighted by molar-refractivity contribution is 5.61. The molecule has 0 aliphatic rings. The van der Waals surface area contributed by atoms with E-state index >= 15 is 0 Å². The largest absolute Gasteiger partial charge is 0.494 e. The number of benzene rings is 2. The van der Waals surface area contributed by atoms with E-state index in [2.05, 4.69) is 20.0 Å². The number of halogens is 1. The molecule has 2 aromatic heterocycles. The summed E-state index contributed by atoms with van der Waals surface area (Å²) < 4.78 is 25.9. The van der Waals surface area contributed by atoms with Crippen molar-refractivity contribution in [1.82, 2.24) is 24.6 Å². The number of nitrogens with zero attached hydrogens (tertiary/aromatic N) is 5. The van der Waals surface area contributed by atoms with Gasteiger partial charge in [-0.05, 0) is 56.4 Å². The normalized spacial score (nSPS) is 11.0. The predicted octanol–water partition coefficient (Wildman–Crippen LogP) is 3.89. The second-order valence-corrected chi connectivity index (χ2v) is 8.51. The summed E-state index contributed by atoms with van der Waals surface area (Å²) in [5.41, 5.74) is 2.62. The highest BCUT2D eigenvalue weighted by Crippen LogP contribution is 2.25.